The zero-order valence-corrected chi connectivity index (χ0v) is 7.84. The highest BCUT2D eigenvalue weighted by Crippen LogP contribution is 2.14. The number of likely N-dealkylation sites (tertiary alicyclic amines) is 1. The number of likely N-dealkylation sites (N-methyl/N-ethyl adjacent to an activating group) is 1. The molecule has 0 aromatic heterocycles. The number of nitrogens with zero attached hydrogens (tertiary/aromatic N) is 2. The minimum atomic E-state index is -0.102. The average molecular weight is 174 g/mol. The Hall–Kier alpha value is -0.220. The Kier molecular flexibility index (Phi) is 2.78. The smallest absolute Gasteiger partial charge is 0.278 e. The van der Waals surface area contributed by atoms with Gasteiger partial charge in [-0.1, -0.05) is 12.6 Å². The molecular formula is C7H14N2OS. The van der Waals surface area contributed by atoms with Crippen LogP contribution in [0.2, 0.25) is 0 Å². The van der Waals surface area contributed by atoms with Crippen molar-refractivity contribution < 1.29 is 4.79 Å². The van der Waals surface area contributed by atoms with Gasteiger partial charge in [0.25, 0.3) is 5.24 Å². The van der Waals surface area contributed by atoms with Gasteiger partial charge in [-0.05, 0) is 20.5 Å². The Balaban J connectivity index is 2.41. The maximum atomic E-state index is 10.8. The molecular weight excluding hydrogens is 160 g/mol. The maximum Gasteiger partial charge on any atom is 0.278 e. The van der Waals surface area contributed by atoms with Crippen molar-refractivity contribution in [1.29, 1.82) is 0 Å². The predicted octanol–water partition coefficient (Wildman–Crippen LogP) is 0.672. The molecule has 1 atom stereocenters. The highest BCUT2D eigenvalue weighted by molar-refractivity contribution is 7.96. The Bertz CT molecular complexity index is 161. The van der Waals surface area contributed by atoms with Crippen LogP contribution in [0.5, 0.6) is 0 Å². The van der Waals surface area contributed by atoms with Crippen molar-refractivity contribution >= 4 is 17.9 Å². The number of amides is 1. The quantitative estimate of drug-likeness (QED) is 0.591. The molecule has 1 amide bonds. The third-order valence-electron chi connectivity index (χ3n) is 2.16. The van der Waals surface area contributed by atoms with E-state index in [4.69, 9.17) is 0 Å². The molecule has 1 saturated heterocycles. The topological polar surface area (TPSA) is 23.6 Å². The fourth-order valence-electron chi connectivity index (χ4n) is 1.34. The number of carbonyl (C=O) groups excluding carboxylic acids is 1. The van der Waals surface area contributed by atoms with E-state index in [1.807, 2.05) is 14.1 Å². The number of hydrogen-bond donors (Lipinski definition) is 1. The first-order chi connectivity index (χ1) is 5.11. The Morgan fingerprint density at radius 2 is 2.27 bits per heavy atom. The van der Waals surface area contributed by atoms with Crippen molar-refractivity contribution in [3.63, 3.8) is 0 Å². The molecule has 1 aliphatic heterocycles. The normalized spacial score (nSPS) is 24.7. The van der Waals surface area contributed by atoms with E-state index in [9.17, 15) is 4.79 Å². The fraction of sp³-hybridized carbons (Fsp3) is 0.857. The Morgan fingerprint density at radius 1 is 1.64 bits per heavy atom. The molecule has 0 radical (unpaired) electrons. The molecule has 0 N–H and O–H groups in total. The SMILES string of the molecule is CN(C)C1CCN(C(=O)S)C1. The number of thiol groups is 1. The summed E-state index contributed by atoms with van der Waals surface area (Å²) in [4.78, 5) is 14.7. The van der Waals surface area contributed by atoms with Gasteiger partial charge in [0.1, 0.15) is 0 Å². The second-order valence-corrected chi connectivity index (χ2v) is 3.52. The van der Waals surface area contributed by atoms with Crippen LogP contribution in [0.15, 0.2) is 0 Å². The van der Waals surface area contributed by atoms with Gasteiger partial charge in [-0.2, -0.15) is 0 Å². The van der Waals surface area contributed by atoms with Gasteiger partial charge in [-0.25, -0.2) is 0 Å². The van der Waals surface area contributed by atoms with E-state index in [-0.39, 0.29) is 5.24 Å². The van der Waals surface area contributed by atoms with Crippen molar-refractivity contribution in [2.45, 2.75) is 12.5 Å². The second kappa shape index (κ2) is 3.45. The Labute approximate surface area is 72.8 Å². The van der Waals surface area contributed by atoms with E-state index in [1.54, 1.807) is 4.90 Å². The van der Waals surface area contributed by atoms with Gasteiger partial charge in [0, 0.05) is 19.1 Å². The van der Waals surface area contributed by atoms with Crippen LogP contribution >= 0.6 is 12.6 Å². The van der Waals surface area contributed by atoms with Crippen molar-refractivity contribution in [3.05, 3.63) is 0 Å². The van der Waals surface area contributed by atoms with Crippen LogP contribution in [0.4, 0.5) is 4.79 Å². The van der Waals surface area contributed by atoms with Crippen LogP contribution in [0.25, 0.3) is 0 Å². The third-order valence-corrected chi connectivity index (χ3v) is 2.45. The summed E-state index contributed by atoms with van der Waals surface area (Å²) in [7, 11) is 4.08. The summed E-state index contributed by atoms with van der Waals surface area (Å²) in [6.07, 6.45) is 1.07. The standard InChI is InChI=1S/C7H14N2OS/c1-8(2)6-3-4-9(5-6)7(10)11/h6H,3-5H2,1-2H3,(H,10,11). The minimum absolute atomic E-state index is 0.102. The molecule has 64 valence electrons. The average Bonchev–Trinajstić information content (AvgIpc) is 2.33. The van der Waals surface area contributed by atoms with Gasteiger partial charge in [-0.15, -0.1) is 0 Å². The number of hydrogen-bond acceptors (Lipinski definition) is 2. The zero-order chi connectivity index (χ0) is 8.43. The van der Waals surface area contributed by atoms with Gasteiger partial charge >= 0.3 is 0 Å². The van der Waals surface area contributed by atoms with Crippen molar-refractivity contribution in [2.24, 2.45) is 0 Å². The number of carbonyl (C=O) groups is 1. The molecule has 0 aliphatic carbocycles. The summed E-state index contributed by atoms with van der Waals surface area (Å²) in [5.41, 5.74) is 0. The minimum Gasteiger partial charge on any atom is -0.332 e. The van der Waals surface area contributed by atoms with E-state index in [0.717, 1.165) is 19.5 Å². The predicted molar refractivity (Wildman–Crippen MR) is 48.0 cm³/mol. The van der Waals surface area contributed by atoms with Crippen molar-refractivity contribution in [2.75, 3.05) is 27.2 Å². The van der Waals surface area contributed by atoms with E-state index < -0.39 is 0 Å². The van der Waals surface area contributed by atoms with E-state index in [1.165, 1.54) is 0 Å². The molecule has 1 rings (SSSR count). The summed E-state index contributed by atoms with van der Waals surface area (Å²) in [6, 6.07) is 0.520. The van der Waals surface area contributed by atoms with Crippen LogP contribution in [-0.2, 0) is 0 Å². The highest BCUT2D eigenvalue weighted by Gasteiger charge is 2.25. The lowest BCUT2D eigenvalue weighted by atomic mass is 10.2. The lowest BCUT2D eigenvalue weighted by Crippen LogP contribution is -2.32. The van der Waals surface area contributed by atoms with Gasteiger partial charge in [-0.3, -0.25) is 4.79 Å². The molecule has 1 heterocycles. The molecule has 0 bridgehead atoms. The van der Waals surface area contributed by atoms with Gasteiger partial charge < -0.3 is 9.80 Å². The first kappa shape index (κ1) is 8.87. The number of rotatable bonds is 1. The van der Waals surface area contributed by atoms with Gasteiger partial charge in [0.2, 0.25) is 0 Å². The van der Waals surface area contributed by atoms with Gasteiger partial charge in [0.15, 0.2) is 0 Å². The van der Waals surface area contributed by atoms with E-state index in [2.05, 4.69) is 17.5 Å². The molecule has 1 unspecified atom stereocenters. The molecule has 11 heavy (non-hydrogen) atoms. The monoisotopic (exact) mass is 174 g/mol. The van der Waals surface area contributed by atoms with Crippen LogP contribution in [0.1, 0.15) is 6.42 Å². The first-order valence-corrected chi connectivity index (χ1v) is 4.20. The van der Waals surface area contributed by atoms with Gasteiger partial charge in [0.05, 0.1) is 0 Å². The van der Waals surface area contributed by atoms with Crippen LogP contribution in [0.3, 0.4) is 0 Å². The van der Waals surface area contributed by atoms with E-state index in [0.29, 0.717) is 6.04 Å². The molecule has 1 aliphatic rings. The summed E-state index contributed by atoms with van der Waals surface area (Å²) >= 11 is 3.77. The second-order valence-electron chi connectivity index (χ2n) is 3.13. The summed E-state index contributed by atoms with van der Waals surface area (Å²) in [5.74, 6) is 0. The first-order valence-electron chi connectivity index (χ1n) is 3.75. The molecule has 4 heteroatoms. The van der Waals surface area contributed by atoms with Crippen molar-refractivity contribution in [3.8, 4) is 0 Å². The Morgan fingerprint density at radius 3 is 2.55 bits per heavy atom. The zero-order valence-electron chi connectivity index (χ0n) is 6.95. The third kappa shape index (κ3) is 2.10. The summed E-state index contributed by atoms with van der Waals surface area (Å²) in [6.45, 7) is 1.68. The van der Waals surface area contributed by atoms with Crippen LogP contribution in [-0.4, -0.2) is 48.3 Å². The summed E-state index contributed by atoms with van der Waals surface area (Å²) < 4.78 is 0. The highest BCUT2D eigenvalue weighted by atomic mass is 32.1. The molecule has 0 aromatic rings. The molecule has 1 fully saturated rings. The molecule has 3 nitrogen and oxygen atoms in total. The van der Waals surface area contributed by atoms with Crippen LogP contribution < -0.4 is 0 Å². The van der Waals surface area contributed by atoms with Crippen LogP contribution in [0, 0.1) is 0 Å². The van der Waals surface area contributed by atoms with E-state index >= 15 is 0 Å². The molecule has 0 spiro atoms. The van der Waals surface area contributed by atoms with Crippen molar-refractivity contribution in [1.82, 2.24) is 9.80 Å². The maximum absolute atomic E-state index is 10.8. The lowest BCUT2D eigenvalue weighted by molar-refractivity contribution is 0.227. The largest absolute Gasteiger partial charge is 0.332 e. The summed E-state index contributed by atoms with van der Waals surface area (Å²) in [5, 5.41) is -0.102. The molecule has 0 saturated carbocycles. The fourth-order valence-corrected chi connectivity index (χ4v) is 1.52. The molecule has 0 aromatic carbocycles. The lowest BCUT2D eigenvalue weighted by Gasteiger charge is -2.18.